The van der Waals surface area contributed by atoms with Gasteiger partial charge < -0.3 is 10.4 Å². The van der Waals surface area contributed by atoms with Crippen molar-refractivity contribution < 1.29 is 14.8 Å². The molecule has 1 fully saturated rings. The predicted molar refractivity (Wildman–Crippen MR) is 74.8 cm³/mol. The molecule has 0 aromatic heterocycles. The second kappa shape index (κ2) is 5.90. The van der Waals surface area contributed by atoms with Crippen LogP contribution >= 0.6 is 0 Å². The second-order valence-corrected chi connectivity index (χ2v) is 5.32. The lowest BCUT2D eigenvalue weighted by molar-refractivity contribution is -0.384. The summed E-state index contributed by atoms with van der Waals surface area (Å²) in [4.78, 5) is 21.7. The number of rotatable bonds is 4. The zero-order chi connectivity index (χ0) is 14.7. The summed E-state index contributed by atoms with van der Waals surface area (Å²) in [5.41, 5.74) is 1.34. The fraction of sp³-hybridized carbons (Fsp3) is 0.500. The molecule has 108 valence electrons. The first-order valence-electron chi connectivity index (χ1n) is 6.71. The van der Waals surface area contributed by atoms with Crippen LogP contribution < -0.4 is 5.32 Å². The summed E-state index contributed by atoms with van der Waals surface area (Å²) in [6.07, 6.45) is 2.87. The number of nitrogens with one attached hydrogen (secondary N) is 1. The smallest absolute Gasteiger partial charge is 0.306 e. The van der Waals surface area contributed by atoms with Gasteiger partial charge in [-0.2, -0.15) is 0 Å². The van der Waals surface area contributed by atoms with Crippen LogP contribution in [0.2, 0.25) is 0 Å². The van der Waals surface area contributed by atoms with E-state index in [2.05, 4.69) is 5.32 Å². The normalized spacial score (nSPS) is 22.2. The summed E-state index contributed by atoms with van der Waals surface area (Å²) >= 11 is 0. The molecule has 0 aliphatic heterocycles. The van der Waals surface area contributed by atoms with Crippen LogP contribution in [0.3, 0.4) is 0 Å². The van der Waals surface area contributed by atoms with Gasteiger partial charge in [0, 0.05) is 12.1 Å². The molecule has 1 aliphatic carbocycles. The van der Waals surface area contributed by atoms with E-state index in [0.29, 0.717) is 18.5 Å². The Labute approximate surface area is 117 Å². The zero-order valence-corrected chi connectivity index (χ0v) is 11.3. The Hall–Kier alpha value is -2.11. The Morgan fingerprint density at radius 2 is 2.20 bits per heavy atom. The monoisotopic (exact) mass is 278 g/mol. The van der Waals surface area contributed by atoms with Crippen LogP contribution in [0.15, 0.2) is 18.2 Å². The minimum absolute atomic E-state index is 0.0220. The molecule has 2 rings (SSSR count). The fourth-order valence-corrected chi connectivity index (χ4v) is 2.68. The van der Waals surface area contributed by atoms with E-state index in [1.165, 1.54) is 6.07 Å². The van der Waals surface area contributed by atoms with Crippen molar-refractivity contribution in [3.63, 3.8) is 0 Å². The number of benzene rings is 1. The largest absolute Gasteiger partial charge is 0.481 e. The van der Waals surface area contributed by atoms with Gasteiger partial charge >= 0.3 is 5.97 Å². The van der Waals surface area contributed by atoms with Crippen LogP contribution in [-0.4, -0.2) is 22.0 Å². The van der Waals surface area contributed by atoms with Crippen molar-refractivity contribution >= 4 is 17.3 Å². The lowest BCUT2D eigenvalue weighted by Gasteiger charge is -2.28. The molecule has 1 aliphatic rings. The van der Waals surface area contributed by atoms with Crippen molar-refractivity contribution in [2.75, 3.05) is 5.32 Å². The first-order chi connectivity index (χ1) is 9.47. The van der Waals surface area contributed by atoms with Crippen LogP contribution in [0, 0.1) is 23.0 Å². The standard InChI is InChI=1S/C14H18N2O4/c1-9-5-6-12(13(7-9)16(19)20)15-11-4-2-3-10(8-11)14(17)18/h5-7,10-11,15H,2-4,8H2,1H3,(H,17,18). The topological polar surface area (TPSA) is 92.5 Å². The van der Waals surface area contributed by atoms with Crippen molar-refractivity contribution in [1.29, 1.82) is 0 Å². The van der Waals surface area contributed by atoms with E-state index < -0.39 is 10.9 Å². The number of nitrogens with zero attached hydrogens (tertiary/aromatic N) is 1. The van der Waals surface area contributed by atoms with Gasteiger partial charge in [-0.25, -0.2) is 0 Å². The highest BCUT2D eigenvalue weighted by Crippen LogP contribution is 2.31. The highest BCUT2D eigenvalue weighted by molar-refractivity contribution is 5.70. The maximum absolute atomic E-state index is 11.1. The number of carboxylic acid groups (broad SMARTS) is 1. The van der Waals surface area contributed by atoms with E-state index in [9.17, 15) is 14.9 Å². The Kier molecular flexibility index (Phi) is 4.22. The molecule has 6 nitrogen and oxygen atoms in total. The lowest BCUT2D eigenvalue weighted by atomic mass is 9.85. The van der Waals surface area contributed by atoms with Gasteiger partial charge in [0.2, 0.25) is 0 Å². The molecule has 2 unspecified atom stereocenters. The summed E-state index contributed by atoms with van der Waals surface area (Å²) in [5, 5.41) is 23.3. The molecule has 1 aromatic rings. The number of aliphatic carboxylic acids is 1. The lowest BCUT2D eigenvalue weighted by Crippen LogP contribution is -2.31. The number of hydrogen-bond acceptors (Lipinski definition) is 4. The first-order valence-corrected chi connectivity index (χ1v) is 6.71. The number of nitro groups is 1. The van der Waals surface area contributed by atoms with Crippen LogP contribution in [0.25, 0.3) is 0 Å². The Bertz CT molecular complexity index is 530. The molecule has 0 amide bonds. The number of nitro benzene ring substituents is 1. The Morgan fingerprint density at radius 1 is 1.45 bits per heavy atom. The third-order valence-corrected chi connectivity index (χ3v) is 3.73. The van der Waals surface area contributed by atoms with Gasteiger partial charge in [0.05, 0.1) is 10.8 Å². The first kappa shape index (κ1) is 14.3. The van der Waals surface area contributed by atoms with Gasteiger partial charge in [0.1, 0.15) is 5.69 Å². The van der Waals surface area contributed by atoms with Crippen LogP contribution in [0.4, 0.5) is 11.4 Å². The Morgan fingerprint density at radius 3 is 2.85 bits per heavy atom. The van der Waals surface area contributed by atoms with Crippen LogP contribution in [-0.2, 0) is 4.79 Å². The highest BCUT2D eigenvalue weighted by atomic mass is 16.6. The third-order valence-electron chi connectivity index (χ3n) is 3.73. The molecular weight excluding hydrogens is 260 g/mol. The van der Waals surface area contributed by atoms with Gasteiger partial charge in [-0.1, -0.05) is 12.5 Å². The molecular formula is C14H18N2O4. The van der Waals surface area contributed by atoms with Crippen molar-refractivity contribution in [1.82, 2.24) is 0 Å². The highest BCUT2D eigenvalue weighted by Gasteiger charge is 2.28. The molecule has 1 saturated carbocycles. The van der Waals surface area contributed by atoms with Crippen LogP contribution in [0.1, 0.15) is 31.2 Å². The van der Waals surface area contributed by atoms with Crippen molar-refractivity contribution in [2.45, 2.75) is 38.6 Å². The van der Waals surface area contributed by atoms with Crippen molar-refractivity contribution in [3.05, 3.63) is 33.9 Å². The van der Waals surface area contributed by atoms with E-state index in [1.807, 2.05) is 6.07 Å². The third kappa shape index (κ3) is 3.26. The predicted octanol–water partition coefficient (Wildman–Crippen LogP) is 2.96. The van der Waals surface area contributed by atoms with Gasteiger partial charge in [-0.05, 0) is 37.8 Å². The number of carbonyl (C=O) groups is 1. The molecule has 1 aromatic carbocycles. The summed E-state index contributed by atoms with van der Waals surface area (Å²) in [6, 6.07) is 5.01. The van der Waals surface area contributed by atoms with Gasteiger partial charge in [0.15, 0.2) is 0 Å². The van der Waals surface area contributed by atoms with Gasteiger partial charge in [0.25, 0.3) is 5.69 Å². The fourth-order valence-electron chi connectivity index (χ4n) is 2.68. The van der Waals surface area contributed by atoms with Gasteiger partial charge in [-0.3, -0.25) is 14.9 Å². The number of anilines is 1. The van der Waals surface area contributed by atoms with Crippen molar-refractivity contribution in [3.8, 4) is 0 Å². The summed E-state index contributed by atoms with van der Waals surface area (Å²) < 4.78 is 0. The average Bonchev–Trinajstić information content (AvgIpc) is 2.41. The molecule has 0 bridgehead atoms. The second-order valence-electron chi connectivity index (χ2n) is 5.32. The van der Waals surface area contributed by atoms with Crippen LogP contribution in [0.5, 0.6) is 0 Å². The molecule has 0 radical (unpaired) electrons. The van der Waals surface area contributed by atoms with E-state index in [4.69, 9.17) is 5.11 Å². The number of hydrogen-bond donors (Lipinski definition) is 2. The van der Waals surface area contributed by atoms with E-state index in [-0.39, 0.29) is 17.6 Å². The van der Waals surface area contributed by atoms with E-state index in [1.54, 1.807) is 13.0 Å². The minimum atomic E-state index is -0.782. The maximum atomic E-state index is 11.1. The number of aryl methyl sites for hydroxylation is 1. The summed E-state index contributed by atoms with van der Waals surface area (Å²) in [7, 11) is 0. The van der Waals surface area contributed by atoms with Crippen molar-refractivity contribution in [2.24, 2.45) is 5.92 Å². The quantitative estimate of drug-likeness (QED) is 0.652. The molecule has 20 heavy (non-hydrogen) atoms. The maximum Gasteiger partial charge on any atom is 0.306 e. The molecule has 2 atom stereocenters. The minimum Gasteiger partial charge on any atom is -0.481 e. The molecule has 2 N–H and O–H groups in total. The molecule has 0 spiro atoms. The number of carboxylic acids is 1. The molecule has 0 heterocycles. The zero-order valence-electron chi connectivity index (χ0n) is 11.3. The van der Waals surface area contributed by atoms with E-state index in [0.717, 1.165) is 18.4 Å². The summed E-state index contributed by atoms with van der Waals surface area (Å²) in [6.45, 7) is 1.80. The summed E-state index contributed by atoms with van der Waals surface area (Å²) in [5.74, 6) is -1.14. The molecule has 0 saturated heterocycles. The van der Waals surface area contributed by atoms with E-state index >= 15 is 0 Å². The average molecular weight is 278 g/mol. The SMILES string of the molecule is Cc1ccc(NC2CCCC(C(=O)O)C2)c([N+](=O)[O-])c1. The Balaban J connectivity index is 2.13. The van der Waals surface area contributed by atoms with Gasteiger partial charge in [-0.15, -0.1) is 0 Å². The molecule has 6 heteroatoms.